The molecular weight excluding hydrogens is 299 g/mol. The van der Waals surface area contributed by atoms with Gasteiger partial charge in [0.25, 0.3) is 0 Å². The molecule has 0 spiro atoms. The molecule has 3 aromatic rings. The van der Waals surface area contributed by atoms with Crippen molar-refractivity contribution in [2.45, 2.75) is 6.92 Å². The zero-order valence-corrected chi connectivity index (χ0v) is 12.4. The van der Waals surface area contributed by atoms with Gasteiger partial charge in [-0.25, -0.2) is 4.98 Å². The first-order valence-corrected chi connectivity index (χ1v) is 7.24. The molecule has 0 amide bonds. The maximum absolute atomic E-state index is 6.06. The van der Waals surface area contributed by atoms with Gasteiger partial charge in [0.05, 0.1) is 20.9 Å². The fourth-order valence-electron chi connectivity index (χ4n) is 1.91. The number of halogens is 2. The summed E-state index contributed by atoms with van der Waals surface area (Å²) in [6.45, 7) is 2.04. The van der Waals surface area contributed by atoms with Gasteiger partial charge in [0.1, 0.15) is 5.01 Å². The highest BCUT2D eigenvalue weighted by Gasteiger charge is 2.12. The monoisotopic (exact) mass is 308 g/mol. The van der Waals surface area contributed by atoms with Crippen LogP contribution in [0.4, 0.5) is 5.69 Å². The molecule has 0 aliphatic carbocycles. The molecule has 5 heteroatoms. The summed E-state index contributed by atoms with van der Waals surface area (Å²) < 4.78 is 1.12. The third-order valence-corrected chi connectivity index (χ3v) is 4.47. The van der Waals surface area contributed by atoms with Crippen LogP contribution in [0.25, 0.3) is 20.8 Å². The molecule has 0 atom stereocenters. The van der Waals surface area contributed by atoms with Crippen LogP contribution >= 0.6 is 34.5 Å². The average molecular weight is 309 g/mol. The molecule has 2 N–H and O–H groups in total. The number of nitrogens with two attached hydrogens (primary N) is 1. The van der Waals surface area contributed by atoms with Gasteiger partial charge in [-0.3, -0.25) is 0 Å². The number of rotatable bonds is 1. The number of thiazole rings is 1. The Labute approximate surface area is 124 Å². The lowest BCUT2D eigenvalue weighted by Crippen LogP contribution is -1.91. The van der Waals surface area contributed by atoms with Crippen LogP contribution in [0, 0.1) is 6.92 Å². The predicted octanol–water partition coefficient (Wildman–Crippen LogP) is 5.16. The van der Waals surface area contributed by atoms with Crippen molar-refractivity contribution < 1.29 is 0 Å². The molecule has 0 aliphatic heterocycles. The summed E-state index contributed by atoms with van der Waals surface area (Å²) in [5.41, 5.74) is 9.47. The Hall–Kier alpha value is -1.29. The normalized spacial score (nSPS) is 11.1. The molecule has 0 aliphatic rings. The van der Waals surface area contributed by atoms with Crippen molar-refractivity contribution >= 4 is 50.4 Å². The molecule has 3 rings (SSSR count). The minimum atomic E-state index is 0.456. The standard InChI is InChI=1S/C14H10Cl2N2S/c1-7-2-3-12-11(4-7)18-14(19-12)9-5-8(15)6-10(16)13(9)17/h2-6H,17H2,1H3. The molecule has 2 nitrogen and oxygen atoms in total. The number of benzene rings is 2. The van der Waals surface area contributed by atoms with Crippen LogP contribution in [0.15, 0.2) is 30.3 Å². The summed E-state index contributed by atoms with van der Waals surface area (Å²) in [6.07, 6.45) is 0. The van der Waals surface area contributed by atoms with E-state index in [-0.39, 0.29) is 0 Å². The topological polar surface area (TPSA) is 38.9 Å². The van der Waals surface area contributed by atoms with E-state index >= 15 is 0 Å². The van der Waals surface area contributed by atoms with E-state index in [1.165, 1.54) is 5.56 Å². The van der Waals surface area contributed by atoms with Crippen LogP contribution in [-0.4, -0.2) is 4.98 Å². The number of hydrogen-bond acceptors (Lipinski definition) is 3. The van der Waals surface area contributed by atoms with Crippen molar-refractivity contribution in [3.8, 4) is 10.6 Å². The van der Waals surface area contributed by atoms with Gasteiger partial charge < -0.3 is 5.73 Å². The maximum Gasteiger partial charge on any atom is 0.126 e. The van der Waals surface area contributed by atoms with Crippen molar-refractivity contribution in [1.29, 1.82) is 0 Å². The van der Waals surface area contributed by atoms with E-state index < -0.39 is 0 Å². The first kappa shape index (κ1) is 12.7. The van der Waals surface area contributed by atoms with E-state index in [2.05, 4.69) is 23.2 Å². The summed E-state index contributed by atoms with van der Waals surface area (Å²) >= 11 is 13.7. The van der Waals surface area contributed by atoms with Crippen molar-refractivity contribution in [3.63, 3.8) is 0 Å². The number of hydrogen-bond donors (Lipinski definition) is 1. The molecule has 0 unspecified atom stereocenters. The zero-order chi connectivity index (χ0) is 13.6. The molecule has 0 radical (unpaired) electrons. The minimum Gasteiger partial charge on any atom is -0.397 e. The van der Waals surface area contributed by atoms with E-state index in [1.54, 1.807) is 23.5 Å². The third-order valence-electron chi connectivity index (χ3n) is 2.87. The van der Waals surface area contributed by atoms with Crippen LogP contribution in [0.1, 0.15) is 5.56 Å². The second kappa shape index (κ2) is 4.67. The Bertz CT molecular complexity index is 780. The van der Waals surface area contributed by atoms with Crippen LogP contribution < -0.4 is 5.73 Å². The molecule has 0 bridgehead atoms. The molecule has 0 saturated heterocycles. The number of aryl methyl sites for hydroxylation is 1. The van der Waals surface area contributed by atoms with Crippen LogP contribution in [0.3, 0.4) is 0 Å². The first-order valence-electron chi connectivity index (χ1n) is 5.66. The number of nitrogen functional groups attached to an aromatic ring is 1. The summed E-state index contributed by atoms with van der Waals surface area (Å²) in [5, 5.41) is 1.85. The smallest absolute Gasteiger partial charge is 0.126 e. The summed E-state index contributed by atoms with van der Waals surface area (Å²) in [7, 11) is 0. The average Bonchev–Trinajstić information content (AvgIpc) is 2.76. The Kier molecular flexibility index (Phi) is 3.13. The quantitative estimate of drug-likeness (QED) is 0.630. The fraction of sp³-hybridized carbons (Fsp3) is 0.0714. The van der Waals surface area contributed by atoms with Gasteiger partial charge in [0.15, 0.2) is 0 Å². The number of fused-ring (bicyclic) bond motifs is 1. The van der Waals surface area contributed by atoms with E-state index in [0.717, 1.165) is 20.8 Å². The molecule has 1 heterocycles. The zero-order valence-electron chi connectivity index (χ0n) is 10.1. The van der Waals surface area contributed by atoms with Crippen LogP contribution in [-0.2, 0) is 0 Å². The van der Waals surface area contributed by atoms with Crippen molar-refractivity contribution in [1.82, 2.24) is 4.98 Å². The molecule has 0 saturated carbocycles. The van der Waals surface area contributed by atoms with E-state index in [0.29, 0.717) is 15.7 Å². The van der Waals surface area contributed by atoms with Crippen molar-refractivity contribution in [3.05, 3.63) is 45.9 Å². The van der Waals surface area contributed by atoms with Gasteiger partial charge >= 0.3 is 0 Å². The third kappa shape index (κ3) is 2.29. The van der Waals surface area contributed by atoms with Crippen LogP contribution in [0.5, 0.6) is 0 Å². The van der Waals surface area contributed by atoms with Gasteiger partial charge in [-0.15, -0.1) is 11.3 Å². The van der Waals surface area contributed by atoms with E-state index in [9.17, 15) is 0 Å². The van der Waals surface area contributed by atoms with Gasteiger partial charge in [-0.1, -0.05) is 29.3 Å². The van der Waals surface area contributed by atoms with Crippen molar-refractivity contribution in [2.75, 3.05) is 5.73 Å². The number of anilines is 1. The van der Waals surface area contributed by atoms with Gasteiger partial charge in [-0.2, -0.15) is 0 Å². The Morgan fingerprint density at radius 2 is 1.95 bits per heavy atom. The summed E-state index contributed by atoms with van der Waals surface area (Å²) in [6, 6.07) is 9.62. The van der Waals surface area contributed by atoms with E-state index in [4.69, 9.17) is 28.9 Å². The molecule has 19 heavy (non-hydrogen) atoms. The second-order valence-corrected chi connectivity index (χ2v) is 6.21. The number of aromatic nitrogens is 1. The van der Waals surface area contributed by atoms with Gasteiger partial charge in [0, 0.05) is 10.6 Å². The lowest BCUT2D eigenvalue weighted by molar-refractivity contribution is 1.44. The molecular formula is C14H10Cl2N2S. The highest BCUT2D eigenvalue weighted by Crippen LogP contribution is 2.38. The Balaban J connectivity index is 2.24. The number of nitrogens with zero attached hydrogens (tertiary/aromatic N) is 1. The van der Waals surface area contributed by atoms with Crippen molar-refractivity contribution in [2.24, 2.45) is 0 Å². The molecule has 96 valence electrons. The molecule has 0 fully saturated rings. The van der Waals surface area contributed by atoms with Gasteiger partial charge in [-0.05, 0) is 36.8 Å². The SMILES string of the molecule is Cc1ccc2sc(-c3cc(Cl)cc(Cl)c3N)nc2c1. The molecule has 1 aromatic heterocycles. The lowest BCUT2D eigenvalue weighted by Gasteiger charge is -2.05. The maximum atomic E-state index is 6.06. The minimum absolute atomic E-state index is 0.456. The fourth-order valence-corrected chi connectivity index (χ4v) is 3.38. The predicted molar refractivity (Wildman–Crippen MR) is 84.2 cm³/mol. The largest absolute Gasteiger partial charge is 0.397 e. The summed E-state index contributed by atoms with van der Waals surface area (Å²) in [4.78, 5) is 4.61. The lowest BCUT2D eigenvalue weighted by atomic mass is 10.2. The second-order valence-electron chi connectivity index (χ2n) is 4.34. The van der Waals surface area contributed by atoms with Gasteiger partial charge in [0.2, 0.25) is 0 Å². The summed E-state index contributed by atoms with van der Waals surface area (Å²) in [5.74, 6) is 0. The molecule has 2 aromatic carbocycles. The highest BCUT2D eigenvalue weighted by atomic mass is 35.5. The first-order chi connectivity index (χ1) is 9.04. The van der Waals surface area contributed by atoms with Crippen LogP contribution in [0.2, 0.25) is 10.0 Å². The van der Waals surface area contributed by atoms with E-state index in [1.807, 2.05) is 6.92 Å². The Morgan fingerprint density at radius 3 is 2.74 bits per heavy atom. The Morgan fingerprint density at radius 1 is 1.16 bits per heavy atom. The highest BCUT2D eigenvalue weighted by molar-refractivity contribution is 7.21.